The molecule has 12 nitrogen and oxygen atoms in total. The van der Waals surface area contributed by atoms with Crippen LogP contribution in [0.15, 0.2) is 48.0 Å². The van der Waals surface area contributed by atoms with Crippen molar-refractivity contribution < 1.29 is 57.2 Å². The molecule has 0 aliphatic rings. The molecule has 0 atom stereocenters. The summed E-state index contributed by atoms with van der Waals surface area (Å²) in [6.45, 7) is 12.4. The first kappa shape index (κ1) is 33.8. The normalized spacial score (nSPS) is 11.1. The van der Waals surface area contributed by atoms with Crippen LogP contribution in [0.1, 0.15) is 53.4 Å². The quantitative estimate of drug-likeness (QED) is 0.0878. The largest absolute Gasteiger partial charge is 0.466 e. The van der Waals surface area contributed by atoms with Gasteiger partial charge in [-0.05, 0) is 27.7 Å². The maximum atomic E-state index is 11.8. The van der Waals surface area contributed by atoms with Crippen LogP contribution in [0.3, 0.4) is 0 Å². The van der Waals surface area contributed by atoms with Crippen molar-refractivity contribution >= 4 is 35.8 Å². The van der Waals surface area contributed by atoms with E-state index in [9.17, 15) is 28.8 Å². The molecule has 0 aromatic carbocycles. The molecule has 0 rings (SSSR count). The predicted molar refractivity (Wildman–Crippen MR) is 132 cm³/mol. The third-order valence-electron chi connectivity index (χ3n) is 4.13. The predicted octanol–water partition coefficient (Wildman–Crippen LogP) is 2.77. The highest BCUT2D eigenvalue weighted by Gasteiger charge is 2.12. The summed E-state index contributed by atoms with van der Waals surface area (Å²) in [6.07, 6.45) is 1.99. The molecule has 0 unspecified atom stereocenters. The third kappa shape index (κ3) is 16.5. The maximum Gasteiger partial charge on any atom is 0.337 e. The van der Waals surface area contributed by atoms with Gasteiger partial charge < -0.3 is 28.4 Å². The van der Waals surface area contributed by atoms with Crippen molar-refractivity contribution in [2.75, 3.05) is 26.4 Å². The van der Waals surface area contributed by atoms with Crippen molar-refractivity contribution in [3.05, 3.63) is 48.0 Å². The van der Waals surface area contributed by atoms with Crippen LogP contribution in [0.4, 0.5) is 0 Å². The van der Waals surface area contributed by atoms with E-state index >= 15 is 0 Å². The average Bonchev–Trinajstić information content (AvgIpc) is 2.87. The summed E-state index contributed by atoms with van der Waals surface area (Å²) in [4.78, 5) is 69.4. The lowest BCUT2D eigenvalue weighted by molar-refractivity contribution is -0.151. The molecule has 0 spiro atoms. The first-order chi connectivity index (χ1) is 17.8. The van der Waals surface area contributed by atoms with Crippen LogP contribution in [-0.4, -0.2) is 62.2 Å². The van der Waals surface area contributed by atoms with Crippen LogP contribution in [0.2, 0.25) is 0 Å². The van der Waals surface area contributed by atoms with E-state index in [1.807, 2.05) is 0 Å². The van der Waals surface area contributed by atoms with Crippen molar-refractivity contribution in [1.29, 1.82) is 0 Å². The van der Waals surface area contributed by atoms with Gasteiger partial charge in [0.15, 0.2) is 0 Å². The molecule has 12 heteroatoms. The number of carbonyl (C=O) groups excluding carboxylic acids is 6. The van der Waals surface area contributed by atoms with Crippen molar-refractivity contribution in [2.24, 2.45) is 0 Å². The number of ether oxygens (including phenoxy) is 6. The smallest absolute Gasteiger partial charge is 0.337 e. The fraction of sp³-hybridized carbons (Fsp3) is 0.462. The molecule has 0 N–H and O–H groups in total. The fourth-order valence-electron chi connectivity index (χ4n) is 1.98. The van der Waals surface area contributed by atoms with Crippen molar-refractivity contribution in [3.8, 4) is 0 Å². The molecular formula is C26H34O12. The van der Waals surface area contributed by atoms with Gasteiger partial charge in [-0.1, -0.05) is 13.2 Å². The van der Waals surface area contributed by atoms with Gasteiger partial charge in [0.2, 0.25) is 0 Å². The van der Waals surface area contributed by atoms with E-state index in [0.717, 1.165) is 12.5 Å². The van der Waals surface area contributed by atoms with E-state index in [2.05, 4.69) is 13.2 Å². The van der Waals surface area contributed by atoms with Gasteiger partial charge in [0.25, 0.3) is 0 Å². The summed E-state index contributed by atoms with van der Waals surface area (Å²) < 4.78 is 29.2. The van der Waals surface area contributed by atoms with Crippen LogP contribution in [0, 0.1) is 0 Å². The Hall–Kier alpha value is -4.22. The molecule has 0 amide bonds. The van der Waals surface area contributed by atoms with Crippen LogP contribution in [-0.2, 0) is 57.2 Å². The molecule has 0 aliphatic carbocycles. The minimum atomic E-state index is -0.695. The summed E-state index contributed by atoms with van der Waals surface area (Å²) in [7, 11) is 0. The maximum absolute atomic E-state index is 11.8. The Morgan fingerprint density at radius 3 is 1.16 bits per heavy atom. The number of hydrogen-bond donors (Lipinski definition) is 0. The second kappa shape index (κ2) is 19.0. The number of rotatable bonds is 17. The average molecular weight is 539 g/mol. The third-order valence-corrected chi connectivity index (χ3v) is 4.13. The highest BCUT2D eigenvalue weighted by atomic mass is 16.6. The highest BCUT2D eigenvalue weighted by Crippen LogP contribution is 2.03. The zero-order chi connectivity index (χ0) is 29.1. The van der Waals surface area contributed by atoms with Crippen LogP contribution in [0.5, 0.6) is 0 Å². The summed E-state index contributed by atoms with van der Waals surface area (Å²) in [5.74, 6) is -3.98. The Morgan fingerprint density at radius 2 is 0.842 bits per heavy atom. The first-order valence-electron chi connectivity index (χ1n) is 11.6. The molecule has 0 bridgehead atoms. The monoisotopic (exact) mass is 538 g/mol. The molecule has 0 radical (unpaired) electrons. The zero-order valence-corrected chi connectivity index (χ0v) is 22.1. The van der Waals surface area contributed by atoms with Gasteiger partial charge in [-0.2, -0.15) is 0 Å². The van der Waals surface area contributed by atoms with Gasteiger partial charge in [0.1, 0.15) is 12.5 Å². The highest BCUT2D eigenvalue weighted by molar-refractivity contribution is 5.91. The van der Waals surface area contributed by atoms with Crippen molar-refractivity contribution in [2.45, 2.75) is 53.4 Å². The van der Waals surface area contributed by atoms with Crippen LogP contribution in [0.25, 0.3) is 0 Å². The number of carbonyl (C=O) groups is 6. The van der Waals surface area contributed by atoms with Gasteiger partial charge >= 0.3 is 35.8 Å². The Kier molecular flexibility index (Phi) is 16.9. The summed E-state index contributed by atoms with van der Waals surface area (Å²) in [5.41, 5.74) is 0.507. The van der Waals surface area contributed by atoms with Crippen LogP contribution < -0.4 is 0 Å². The number of hydrogen-bond acceptors (Lipinski definition) is 12. The van der Waals surface area contributed by atoms with E-state index in [4.69, 9.17) is 28.4 Å². The molecule has 0 aliphatic heterocycles. The minimum absolute atomic E-state index is 0.0276. The van der Waals surface area contributed by atoms with Gasteiger partial charge in [-0.3, -0.25) is 9.59 Å². The first-order valence-corrected chi connectivity index (χ1v) is 11.6. The van der Waals surface area contributed by atoms with E-state index in [-0.39, 0.29) is 74.4 Å². The fourth-order valence-corrected chi connectivity index (χ4v) is 1.98. The van der Waals surface area contributed by atoms with E-state index in [0.29, 0.717) is 0 Å². The summed E-state index contributed by atoms with van der Waals surface area (Å²) in [6, 6.07) is 0. The standard InChI is InChI=1S/C26H34O12/c1-17(2)23(29)37-15-19(5)25(31)35-13-7-11-33-21(27)9-10-22(28)34-12-8-14-36-26(32)20(6)16-38-24(30)18(3)4/h15-16H,1,3,7-14H2,2,4-6H3/b19-15+,20-16+. The van der Waals surface area contributed by atoms with Gasteiger partial charge in [0, 0.05) is 24.0 Å². The van der Waals surface area contributed by atoms with E-state index < -0.39 is 35.8 Å². The SMILES string of the molecule is C=C(C)C(=O)O/C=C(\C)C(=O)OCCCOC(=O)CCC(=O)OCCCOC(=O)/C(C)=C/OC(=O)C(=C)C. The lowest BCUT2D eigenvalue weighted by Crippen LogP contribution is -2.14. The van der Waals surface area contributed by atoms with Crippen molar-refractivity contribution in [1.82, 2.24) is 0 Å². The van der Waals surface area contributed by atoms with Gasteiger partial charge in [0.05, 0.1) is 50.4 Å². The Balaban J connectivity index is 3.92. The van der Waals surface area contributed by atoms with Crippen LogP contribution >= 0.6 is 0 Å². The lowest BCUT2D eigenvalue weighted by atomic mass is 10.3. The summed E-state index contributed by atoms with van der Waals surface area (Å²) >= 11 is 0. The molecule has 0 aromatic heterocycles. The second-order valence-electron chi connectivity index (χ2n) is 7.89. The Bertz CT molecular complexity index is 893. The topological polar surface area (TPSA) is 158 Å². The van der Waals surface area contributed by atoms with Gasteiger partial charge in [-0.25, -0.2) is 19.2 Å². The Labute approximate surface area is 221 Å². The molecule has 38 heavy (non-hydrogen) atoms. The number of esters is 6. The lowest BCUT2D eigenvalue weighted by Gasteiger charge is -2.08. The zero-order valence-electron chi connectivity index (χ0n) is 22.1. The molecule has 0 saturated carbocycles. The minimum Gasteiger partial charge on any atom is -0.466 e. The molecule has 0 saturated heterocycles. The second-order valence-corrected chi connectivity index (χ2v) is 7.89. The molecule has 0 aromatic rings. The van der Waals surface area contributed by atoms with Gasteiger partial charge in [-0.15, -0.1) is 0 Å². The molecular weight excluding hydrogens is 504 g/mol. The summed E-state index contributed by atoms with van der Waals surface area (Å²) in [5, 5.41) is 0. The van der Waals surface area contributed by atoms with Crippen molar-refractivity contribution in [3.63, 3.8) is 0 Å². The molecule has 0 fully saturated rings. The molecule has 0 heterocycles. The van der Waals surface area contributed by atoms with E-state index in [1.54, 1.807) is 0 Å². The van der Waals surface area contributed by atoms with E-state index in [1.165, 1.54) is 27.7 Å². The molecule has 210 valence electrons. The Morgan fingerprint density at radius 1 is 0.526 bits per heavy atom.